The maximum absolute atomic E-state index is 13.7. The van der Waals surface area contributed by atoms with Crippen LogP contribution >= 0.6 is 0 Å². The van der Waals surface area contributed by atoms with Gasteiger partial charge in [0.25, 0.3) is 5.91 Å². The van der Waals surface area contributed by atoms with E-state index in [1.54, 1.807) is 4.90 Å². The number of carbonyl (C=O) groups is 4. The maximum atomic E-state index is 13.7. The van der Waals surface area contributed by atoms with Crippen LogP contribution in [0, 0.1) is 5.92 Å². The van der Waals surface area contributed by atoms with Gasteiger partial charge in [-0.05, 0) is 124 Å². The average molecular weight is 935 g/mol. The van der Waals surface area contributed by atoms with Gasteiger partial charge in [0, 0.05) is 101 Å². The number of nitrogens with zero attached hydrogens (tertiary/aromatic N) is 10. The molecular weight excluding hydrogens is 873 g/mol. The number of amides is 5. The number of hydrogen-bond donors (Lipinski definition) is 2. The van der Waals surface area contributed by atoms with E-state index in [2.05, 4.69) is 50.5 Å². The highest BCUT2D eigenvalue weighted by Crippen LogP contribution is 2.37. The lowest BCUT2D eigenvalue weighted by Crippen LogP contribution is -2.56. The number of piperazine rings is 1. The molecule has 69 heavy (non-hydrogen) atoms. The molecule has 5 amide bonds. The number of piperidine rings is 4. The van der Waals surface area contributed by atoms with Gasteiger partial charge in [-0.15, -0.1) is 0 Å². The predicted octanol–water partition coefficient (Wildman–Crippen LogP) is 5.77. The molecule has 0 aliphatic carbocycles. The molecule has 3 aromatic carbocycles. The predicted molar refractivity (Wildman–Crippen MR) is 262 cm³/mol. The lowest BCUT2D eigenvalue weighted by molar-refractivity contribution is -0.136. The van der Waals surface area contributed by atoms with E-state index in [0.29, 0.717) is 36.3 Å². The number of nitrogens with one attached hydrogen (secondary N) is 1. The first kappa shape index (κ1) is 44.9. The third kappa shape index (κ3) is 9.33. The lowest BCUT2D eigenvalue weighted by Gasteiger charge is -2.43. The number of ether oxygens (including phenoxy) is 1. The van der Waals surface area contributed by atoms with Crippen molar-refractivity contribution in [2.45, 2.75) is 82.5 Å². The number of aromatic nitrogens is 4. The van der Waals surface area contributed by atoms with Crippen LogP contribution in [0.15, 0.2) is 79.1 Å². The minimum atomic E-state index is -0.598. The lowest BCUT2D eigenvalue weighted by atomic mass is 9.92. The molecule has 11 rings (SSSR count). The number of benzene rings is 3. The average Bonchev–Trinajstić information content (AvgIpc) is 3.94. The number of carbonyl (C=O) groups excluding carboxylic acids is 4. The molecule has 0 spiro atoms. The van der Waals surface area contributed by atoms with Gasteiger partial charge in [0.15, 0.2) is 5.65 Å². The van der Waals surface area contributed by atoms with Crippen LogP contribution in [0.4, 0.5) is 16.3 Å². The molecule has 5 saturated heterocycles. The first-order chi connectivity index (χ1) is 33.7. The molecule has 5 aromatic rings. The summed E-state index contributed by atoms with van der Waals surface area (Å²) in [5.74, 6) is 1.83. The third-order valence-corrected chi connectivity index (χ3v) is 15.7. The van der Waals surface area contributed by atoms with E-state index in [9.17, 15) is 19.2 Å². The van der Waals surface area contributed by atoms with Crippen molar-refractivity contribution in [1.82, 2.24) is 49.6 Å². The van der Waals surface area contributed by atoms with Gasteiger partial charge in [-0.2, -0.15) is 5.10 Å². The van der Waals surface area contributed by atoms with Crippen LogP contribution in [0.25, 0.3) is 22.3 Å². The monoisotopic (exact) mass is 934 g/mol. The standard InChI is InChI=1S/C52H62N12O5/c53-48-46-47(36-6-9-42(10-7-36)69-41-4-2-1-3-5-41)57-64(49(46)55-34-54-48)39-19-24-59(25-20-39)38-17-26-61(27-18-38)52(68)62-30-28-58(29-31-62)21-14-35-15-22-60(23-16-35)40-8-11-43-37(32-40)33-63(51(43)67)44-12-13-45(65)56-50(44)66/h1-11,32,34-35,38-39,44H,12-31,33H2,(H2,53,54,55)(H,56,65,66). The van der Waals surface area contributed by atoms with E-state index < -0.39 is 6.04 Å². The molecule has 0 radical (unpaired) electrons. The molecule has 6 aliphatic heterocycles. The zero-order valence-electron chi connectivity index (χ0n) is 39.3. The number of urea groups is 1. The quantitative estimate of drug-likeness (QED) is 0.162. The Morgan fingerprint density at radius 2 is 1.45 bits per heavy atom. The first-order valence-electron chi connectivity index (χ1n) is 25.1. The minimum absolute atomic E-state index is 0.131. The van der Waals surface area contributed by atoms with Crippen LogP contribution in [0.5, 0.6) is 11.5 Å². The molecule has 0 saturated carbocycles. The van der Waals surface area contributed by atoms with Crippen molar-refractivity contribution >= 4 is 46.3 Å². The number of nitrogen functional groups attached to an aromatic ring is 1. The number of fused-ring (bicyclic) bond motifs is 2. The van der Waals surface area contributed by atoms with Gasteiger partial charge in [0.2, 0.25) is 11.8 Å². The molecule has 0 bridgehead atoms. The summed E-state index contributed by atoms with van der Waals surface area (Å²) < 4.78 is 8.10. The van der Waals surface area contributed by atoms with Crippen molar-refractivity contribution < 1.29 is 23.9 Å². The highest BCUT2D eigenvalue weighted by molar-refractivity contribution is 6.05. The molecule has 360 valence electrons. The summed E-state index contributed by atoms with van der Waals surface area (Å²) in [6.07, 6.45) is 9.47. The van der Waals surface area contributed by atoms with E-state index in [0.717, 1.165) is 162 Å². The SMILES string of the molecule is Nc1ncnc2c1c(-c1ccc(Oc3ccccc3)cc1)nn2C1CCN(C2CCN(C(=O)N3CCN(CCC4CCN(c5ccc6c(c5)CN(C5CCC(=O)NC5=O)C6=O)CC4)CC3)CC2)CC1. The highest BCUT2D eigenvalue weighted by Gasteiger charge is 2.40. The number of imide groups is 1. The van der Waals surface area contributed by atoms with Crippen molar-refractivity contribution in [2.75, 3.05) is 82.6 Å². The Labute approximate surface area is 402 Å². The maximum Gasteiger partial charge on any atom is 0.320 e. The van der Waals surface area contributed by atoms with E-state index in [4.69, 9.17) is 15.6 Å². The Bertz CT molecular complexity index is 2680. The minimum Gasteiger partial charge on any atom is -0.457 e. The van der Waals surface area contributed by atoms with Gasteiger partial charge >= 0.3 is 6.03 Å². The van der Waals surface area contributed by atoms with Crippen LogP contribution in [-0.4, -0.2) is 152 Å². The van der Waals surface area contributed by atoms with Gasteiger partial charge in [-0.1, -0.05) is 18.2 Å². The summed E-state index contributed by atoms with van der Waals surface area (Å²) in [4.78, 5) is 73.4. The third-order valence-electron chi connectivity index (χ3n) is 15.7. The van der Waals surface area contributed by atoms with Crippen molar-refractivity contribution in [3.8, 4) is 22.8 Å². The summed E-state index contributed by atoms with van der Waals surface area (Å²) in [6.45, 7) is 10.3. The van der Waals surface area contributed by atoms with Crippen molar-refractivity contribution in [3.05, 3.63) is 90.3 Å². The van der Waals surface area contributed by atoms with Crippen molar-refractivity contribution in [2.24, 2.45) is 5.92 Å². The van der Waals surface area contributed by atoms with E-state index in [1.165, 1.54) is 6.33 Å². The molecule has 1 unspecified atom stereocenters. The zero-order valence-corrected chi connectivity index (χ0v) is 39.3. The number of rotatable bonds is 10. The largest absolute Gasteiger partial charge is 0.457 e. The van der Waals surface area contributed by atoms with Crippen LogP contribution in [0.1, 0.15) is 79.8 Å². The fourth-order valence-electron chi connectivity index (χ4n) is 11.6. The molecule has 8 heterocycles. The number of para-hydroxylation sites is 1. The van der Waals surface area contributed by atoms with Gasteiger partial charge in [0.1, 0.15) is 35.4 Å². The van der Waals surface area contributed by atoms with Gasteiger partial charge in [-0.25, -0.2) is 19.4 Å². The van der Waals surface area contributed by atoms with Crippen LogP contribution < -0.4 is 20.7 Å². The molecular formula is C52H62N12O5. The molecule has 5 fully saturated rings. The fraction of sp³-hybridized carbons (Fsp3) is 0.481. The Morgan fingerprint density at radius 3 is 2.19 bits per heavy atom. The molecule has 17 heteroatoms. The molecule has 2 aromatic heterocycles. The second-order valence-electron chi connectivity index (χ2n) is 19.7. The Hall–Kier alpha value is -6.59. The first-order valence-corrected chi connectivity index (χ1v) is 25.1. The number of anilines is 2. The molecule has 3 N–H and O–H groups in total. The Balaban J connectivity index is 0.602. The van der Waals surface area contributed by atoms with Gasteiger partial charge < -0.3 is 35.0 Å². The second kappa shape index (κ2) is 19.4. The summed E-state index contributed by atoms with van der Waals surface area (Å²) in [5.41, 5.74) is 11.7. The zero-order chi connectivity index (χ0) is 47.0. The number of hydrogen-bond acceptors (Lipinski definition) is 12. The van der Waals surface area contributed by atoms with Gasteiger partial charge in [0.05, 0.1) is 11.4 Å². The van der Waals surface area contributed by atoms with Gasteiger partial charge in [-0.3, -0.25) is 24.6 Å². The summed E-state index contributed by atoms with van der Waals surface area (Å²) in [6, 6.07) is 24.0. The highest BCUT2D eigenvalue weighted by atomic mass is 16.5. The molecule has 6 aliphatic rings. The van der Waals surface area contributed by atoms with Crippen LogP contribution in [-0.2, 0) is 16.1 Å². The van der Waals surface area contributed by atoms with Crippen LogP contribution in [0.2, 0.25) is 0 Å². The normalized spacial score (nSPS) is 21.6. The summed E-state index contributed by atoms with van der Waals surface area (Å²) >= 11 is 0. The smallest absolute Gasteiger partial charge is 0.320 e. The van der Waals surface area contributed by atoms with E-state index in [1.807, 2.05) is 66.7 Å². The van der Waals surface area contributed by atoms with E-state index >= 15 is 0 Å². The summed E-state index contributed by atoms with van der Waals surface area (Å²) in [5, 5.41) is 8.31. The number of nitrogens with two attached hydrogens (primary N) is 1. The molecule has 17 nitrogen and oxygen atoms in total. The van der Waals surface area contributed by atoms with Crippen molar-refractivity contribution in [1.29, 1.82) is 0 Å². The Morgan fingerprint density at radius 1 is 0.739 bits per heavy atom. The summed E-state index contributed by atoms with van der Waals surface area (Å²) in [7, 11) is 0. The topological polar surface area (TPSA) is 179 Å². The van der Waals surface area contributed by atoms with Crippen molar-refractivity contribution in [3.63, 3.8) is 0 Å². The number of likely N-dealkylation sites (tertiary alicyclic amines) is 2. The fourth-order valence-corrected chi connectivity index (χ4v) is 11.6. The van der Waals surface area contributed by atoms with Crippen LogP contribution in [0.3, 0.4) is 0 Å². The molecule has 1 atom stereocenters. The second-order valence-corrected chi connectivity index (χ2v) is 19.7. The Kier molecular flexibility index (Phi) is 12.6. The van der Waals surface area contributed by atoms with E-state index in [-0.39, 0.29) is 36.2 Å².